The molecule has 1 aliphatic carbocycles. The Morgan fingerprint density at radius 2 is 2.04 bits per heavy atom. The lowest BCUT2D eigenvalue weighted by atomic mass is 9.77. The highest BCUT2D eigenvalue weighted by molar-refractivity contribution is 7.89. The monoisotopic (exact) mass is 384 g/mol. The molecule has 2 unspecified atom stereocenters. The third-order valence-corrected chi connectivity index (χ3v) is 5.82. The highest BCUT2D eigenvalue weighted by atomic mass is 32.2. The first-order valence-electron chi connectivity index (χ1n) is 7.73. The Balaban J connectivity index is 2.08. The summed E-state index contributed by atoms with van der Waals surface area (Å²) in [5, 5.41) is 13.0. The normalized spacial score (nSPS) is 25.0. The van der Waals surface area contributed by atoms with Gasteiger partial charge in [0.05, 0.1) is 22.1 Å². The van der Waals surface area contributed by atoms with Crippen molar-refractivity contribution >= 4 is 15.7 Å². The van der Waals surface area contributed by atoms with Crippen molar-refractivity contribution in [3.05, 3.63) is 24.0 Å². The zero-order valence-corrected chi connectivity index (χ0v) is 14.3. The van der Waals surface area contributed by atoms with E-state index < -0.39 is 40.0 Å². The molecule has 0 spiro atoms. The van der Waals surface area contributed by atoms with E-state index in [4.69, 9.17) is 0 Å². The van der Waals surface area contributed by atoms with E-state index in [1.54, 1.807) is 0 Å². The molecular weight excluding hydrogens is 364 g/mol. The van der Waals surface area contributed by atoms with Gasteiger partial charge in [-0.25, -0.2) is 17.5 Å². The van der Waals surface area contributed by atoms with Gasteiger partial charge in [0.25, 0.3) is 0 Å². The van der Waals surface area contributed by atoms with Crippen LogP contribution in [0.5, 0.6) is 0 Å². The molecule has 0 aliphatic heterocycles. The first-order valence-corrected chi connectivity index (χ1v) is 9.21. The van der Waals surface area contributed by atoms with Crippen LogP contribution in [0.25, 0.3) is 0 Å². The van der Waals surface area contributed by atoms with Crippen molar-refractivity contribution in [2.45, 2.75) is 42.4 Å². The number of anilines is 1. The predicted octanol–water partition coefficient (Wildman–Crippen LogP) is 2.63. The van der Waals surface area contributed by atoms with E-state index in [1.807, 2.05) is 0 Å². The van der Waals surface area contributed by atoms with Gasteiger partial charge in [-0.1, -0.05) is 0 Å². The number of rotatable bonds is 5. The molecule has 3 N–H and O–H groups in total. The Morgan fingerprint density at radius 1 is 1.36 bits per heavy atom. The van der Waals surface area contributed by atoms with Crippen molar-refractivity contribution < 1.29 is 31.1 Å². The summed E-state index contributed by atoms with van der Waals surface area (Å²) >= 11 is 0. The summed E-state index contributed by atoms with van der Waals surface area (Å²) in [4.78, 5) is -0.272. The SMILES string of the molecule is CNS(=O)(=O)c1ccc(NCC2(O)CCCC(C(F)(F)F)C2)c(F)c1. The number of benzene rings is 1. The number of nitrogens with one attached hydrogen (secondary N) is 2. The van der Waals surface area contributed by atoms with Crippen molar-refractivity contribution in [3.8, 4) is 0 Å². The first-order chi connectivity index (χ1) is 11.5. The number of alkyl halides is 3. The molecule has 1 fully saturated rings. The van der Waals surface area contributed by atoms with Gasteiger partial charge in [-0.2, -0.15) is 13.2 Å². The van der Waals surface area contributed by atoms with Crippen LogP contribution in [-0.2, 0) is 10.0 Å². The molecule has 2 rings (SSSR count). The standard InChI is InChI=1S/C15H20F4N2O3S/c1-20-25(23,24)11-4-5-13(12(16)7-11)21-9-14(22)6-2-3-10(8-14)15(17,18)19/h4-5,7,10,20-22H,2-3,6,8-9H2,1H3. The molecule has 0 heterocycles. The van der Waals surface area contributed by atoms with Gasteiger partial charge in [0.1, 0.15) is 5.82 Å². The van der Waals surface area contributed by atoms with Crippen molar-refractivity contribution in [2.24, 2.45) is 5.92 Å². The second-order valence-corrected chi connectivity index (χ2v) is 8.15. The quantitative estimate of drug-likeness (QED) is 0.682. The van der Waals surface area contributed by atoms with E-state index in [9.17, 15) is 31.1 Å². The molecule has 1 aromatic rings. The highest BCUT2D eigenvalue weighted by Gasteiger charge is 2.46. The van der Waals surface area contributed by atoms with Crippen LogP contribution < -0.4 is 10.0 Å². The third-order valence-electron chi connectivity index (χ3n) is 4.41. The Morgan fingerprint density at radius 3 is 2.60 bits per heavy atom. The van der Waals surface area contributed by atoms with Gasteiger partial charge in [-0.3, -0.25) is 0 Å². The van der Waals surface area contributed by atoms with Gasteiger partial charge in [0.15, 0.2) is 0 Å². The highest BCUT2D eigenvalue weighted by Crippen LogP contribution is 2.41. The minimum Gasteiger partial charge on any atom is -0.388 e. The minimum absolute atomic E-state index is 0.0310. The maximum atomic E-state index is 14.0. The number of hydrogen-bond donors (Lipinski definition) is 3. The van der Waals surface area contributed by atoms with Crippen LogP contribution in [0.2, 0.25) is 0 Å². The van der Waals surface area contributed by atoms with Crippen LogP contribution in [0.15, 0.2) is 23.1 Å². The first kappa shape index (κ1) is 19.9. The summed E-state index contributed by atoms with van der Waals surface area (Å²) < 4.78 is 77.9. The molecule has 0 saturated heterocycles. The molecule has 0 aromatic heterocycles. The van der Waals surface area contributed by atoms with E-state index >= 15 is 0 Å². The summed E-state index contributed by atoms with van der Waals surface area (Å²) in [6, 6.07) is 3.14. The maximum Gasteiger partial charge on any atom is 0.391 e. The third kappa shape index (κ3) is 4.83. The Bertz CT molecular complexity index is 724. The molecule has 0 amide bonds. The summed E-state index contributed by atoms with van der Waals surface area (Å²) in [7, 11) is -2.61. The summed E-state index contributed by atoms with van der Waals surface area (Å²) in [5.41, 5.74) is -1.68. The van der Waals surface area contributed by atoms with E-state index in [0.717, 1.165) is 6.07 Å². The number of halogens is 4. The molecule has 25 heavy (non-hydrogen) atoms. The zero-order chi connectivity index (χ0) is 18.9. The lowest BCUT2D eigenvalue weighted by molar-refractivity contribution is -0.199. The topological polar surface area (TPSA) is 78.4 Å². The van der Waals surface area contributed by atoms with Gasteiger partial charge in [0.2, 0.25) is 10.0 Å². The van der Waals surface area contributed by atoms with Crippen molar-refractivity contribution in [3.63, 3.8) is 0 Å². The maximum absolute atomic E-state index is 14.0. The van der Waals surface area contributed by atoms with Gasteiger partial charge in [-0.05, 0) is 50.9 Å². The number of hydrogen-bond acceptors (Lipinski definition) is 4. The molecule has 0 radical (unpaired) electrons. The van der Waals surface area contributed by atoms with Gasteiger partial charge >= 0.3 is 6.18 Å². The van der Waals surface area contributed by atoms with Crippen molar-refractivity contribution in [1.29, 1.82) is 0 Å². The molecule has 10 heteroatoms. The van der Waals surface area contributed by atoms with Crippen LogP contribution in [0, 0.1) is 11.7 Å². The van der Waals surface area contributed by atoms with Gasteiger partial charge in [0, 0.05) is 6.54 Å². The van der Waals surface area contributed by atoms with Crippen molar-refractivity contribution in [2.75, 3.05) is 18.9 Å². The van der Waals surface area contributed by atoms with E-state index in [-0.39, 0.29) is 36.4 Å². The fraction of sp³-hybridized carbons (Fsp3) is 0.600. The fourth-order valence-corrected chi connectivity index (χ4v) is 3.71. The Hall–Kier alpha value is -1.39. The fourth-order valence-electron chi connectivity index (χ4n) is 2.96. The lowest BCUT2D eigenvalue weighted by Crippen LogP contribution is -2.45. The molecule has 1 aromatic carbocycles. The van der Waals surface area contributed by atoms with Crippen molar-refractivity contribution in [1.82, 2.24) is 4.72 Å². The average Bonchev–Trinajstić information content (AvgIpc) is 2.53. The molecule has 0 bridgehead atoms. The number of sulfonamides is 1. The molecule has 1 aliphatic rings. The minimum atomic E-state index is -4.37. The predicted molar refractivity (Wildman–Crippen MR) is 84.1 cm³/mol. The van der Waals surface area contributed by atoms with Crippen LogP contribution in [0.4, 0.5) is 23.2 Å². The summed E-state index contributed by atoms with van der Waals surface area (Å²) in [5.74, 6) is -2.45. The summed E-state index contributed by atoms with van der Waals surface area (Å²) in [6.07, 6.45) is -4.44. The van der Waals surface area contributed by atoms with Crippen LogP contribution in [0.1, 0.15) is 25.7 Å². The molecule has 2 atom stereocenters. The van der Waals surface area contributed by atoms with Crippen LogP contribution in [0.3, 0.4) is 0 Å². The van der Waals surface area contributed by atoms with Gasteiger partial charge < -0.3 is 10.4 Å². The Kier molecular flexibility index (Phi) is 5.65. The molecular formula is C15H20F4N2O3S. The lowest BCUT2D eigenvalue weighted by Gasteiger charge is -2.37. The average molecular weight is 384 g/mol. The summed E-state index contributed by atoms with van der Waals surface area (Å²) in [6.45, 7) is -0.255. The largest absolute Gasteiger partial charge is 0.391 e. The van der Waals surface area contributed by atoms with E-state index in [1.165, 1.54) is 19.2 Å². The molecule has 1 saturated carbocycles. The number of aliphatic hydroxyl groups is 1. The second kappa shape index (κ2) is 7.08. The van der Waals surface area contributed by atoms with E-state index in [0.29, 0.717) is 0 Å². The van der Waals surface area contributed by atoms with Gasteiger partial charge in [-0.15, -0.1) is 0 Å². The molecule has 142 valence electrons. The smallest absolute Gasteiger partial charge is 0.388 e. The molecule has 5 nitrogen and oxygen atoms in total. The second-order valence-electron chi connectivity index (χ2n) is 6.26. The van der Waals surface area contributed by atoms with Crippen LogP contribution in [-0.4, -0.2) is 38.9 Å². The van der Waals surface area contributed by atoms with Crippen LogP contribution >= 0.6 is 0 Å². The Labute approximate surface area is 143 Å². The van der Waals surface area contributed by atoms with E-state index in [2.05, 4.69) is 10.0 Å². The zero-order valence-electron chi connectivity index (χ0n) is 13.5.